The van der Waals surface area contributed by atoms with Crippen LogP contribution >= 0.6 is 39.1 Å². The summed E-state index contributed by atoms with van der Waals surface area (Å²) in [5.74, 6) is -0.428. The molecule has 3 aromatic carbocycles. The normalized spacial score (nSPS) is 12.0. The van der Waals surface area contributed by atoms with Gasteiger partial charge < -0.3 is 15.0 Å². The molecular weight excluding hydrogens is 665 g/mol. The minimum absolute atomic E-state index is 0.00144. The molecule has 42 heavy (non-hydrogen) atoms. The number of rotatable bonds is 14. The van der Waals surface area contributed by atoms with Crippen molar-refractivity contribution in [3.05, 3.63) is 86.8 Å². The zero-order valence-corrected chi connectivity index (χ0v) is 27.6. The summed E-state index contributed by atoms with van der Waals surface area (Å²) in [4.78, 5) is 28.5. The Balaban J connectivity index is 2.04. The minimum Gasteiger partial charge on any atom is -0.494 e. The third-order valence-electron chi connectivity index (χ3n) is 6.50. The molecule has 0 aliphatic heterocycles. The average Bonchev–Trinajstić information content (AvgIpc) is 2.96. The Morgan fingerprint density at radius 1 is 0.976 bits per heavy atom. The highest BCUT2D eigenvalue weighted by molar-refractivity contribution is 9.10. The first-order chi connectivity index (χ1) is 20.0. The van der Waals surface area contributed by atoms with Crippen molar-refractivity contribution in [1.82, 2.24) is 10.2 Å². The molecule has 3 rings (SSSR count). The number of hydrogen-bond acceptors (Lipinski definition) is 5. The number of carbonyl (C=O) groups is 2. The van der Waals surface area contributed by atoms with Gasteiger partial charge in [-0.1, -0.05) is 58.5 Å². The van der Waals surface area contributed by atoms with Crippen LogP contribution in [0.4, 0.5) is 5.69 Å². The predicted molar refractivity (Wildman–Crippen MR) is 171 cm³/mol. The van der Waals surface area contributed by atoms with Crippen LogP contribution in [0.5, 0.6) is 5.75 Å². The Morgan fingerprint density at radius 3 is 2.17 bits per heavy atom. The lowest BCUT2D eigenvalue weighted by Gasteiger charge is -2.32. The van der Waals surface area contributed by atoms with Crippen LogP contribution in [0.2, 0.25) is 10.0 Å². The Bertz CT molecular complexity index is 1450. The van der Waals surface area contributed by atoms with Crippen LogP contribution in [0, 0.1) is 0 Å². The van der Waals surface area contributed by atoms with Gasteiger partial charge in [-0.05, 0) is 80.9 Å². The molecule has 2 amide bonds. The summed E-state index contributed by atoms with van der Waals surface area (Å²) in [6.45, 7) is 5.65. The lowest BCUT2D eigenvalue weighted by atomic mass is 10.1. The number of nitrogens with zero attached hydrogens (tertiary/aromatic N) is 2. The fourth-order valence-electron chi connectivity index (χ4n) is 4.11. The van der Waals surface area contributed by atoms with E-state index in [4.69, 9.17) is 27.9 Å². The van der Waals surface area contributed by atoms with Crippen LogP contribution in [0.25, 0.3) is 0 Å². The molecule has 8 nitrogen and oxygen atoms in total. The molecule has 0 spiro atoms. The van der Waals surface area contributed by atoms with Gasteiger partial charge in [-0.15, -0.1) is 0 Å². The number of carbonyl (C=O) groups excluding carboxylic acids is 2. The Kier molecular flexibility index (Phi) is 12.5. The van der Waals surface area contributed by atoms with Crippen molar-refractivity contribution >= 4 is 66.7 Å². The average molecular weight is 699 g/mol. The first-order valence-corrected chi connectivity index (χ1v) is 16.5. The molecular formula is C30H34BrCl2N3O5S. The van der Waals surface area contributed by atoms with E-state index in [0.29, 0.717) is 39.0 Å². The van der Waals surface area contributed by atoms with Crippen LogP contribution in [-0.2, 0) is 26.2 Å². The number of unbranched alkanes of at least 4 members (excludes halogenated alkanes) is 1. The van der Waals surface area contributed by atoms with E-state index in [1.54, 1.807) is 61.5 Å². The van der Waals surface area contributed by atoms with Crippen LogP contribution in [0.1, 0.15) is 39.2 Å². The zero-order valence-electron chi connectivity index (χ0n) is 23.6. The van der Waals surface area contributed by atoms with Gasteiger partial charge >= 0.3 is 0 Å². The van der Waals surface area contributed by atoms with Gasteiger partial charge in [0.25, 0.3) is 10.0 Å². The van der Waals surface area contributed by atoms with E-state index in [9.17, 15) is 18.0 Å². The van der Waals surface area contributed by atoms with Crippen molar-refractivity contribution in [2.75, 3.05) is 24.0 Å². The first-order valence-electron chi connectivity index (χ1n) is 13.5. The van der Waals surface area contributed by atoms with Gasteiger partial charge in [0.15, 0.2) is 0 Å². The third kappa shape index (κ3) is 8.63. The highest BCUT2D eigenvalue weighted by atomic mass is 79.9. The van der Waals surface area contributed by atoms with Crippen molar-refractivity contribution in [2.24, 2.45) is 0 Å². The summed E-state index contributed by atoms with van der Waals surface area (Å²) in [5.41, 5.74) is 0.705. The number of amides is 2. The second-order valence-corrected chi connectivity index (χ2v) is 13.0. The fraction of sp³-hybridized carbons (Fsp3) is 0.333. The highest BCUT2D eigenvalue weighted by Crippen LogP contribution is 2.29. The van der Waals surface area contributed by atoms with E-state index in [2.05, 4.69) is 21.2 Å². The fourth-order valence-corrected chi connectivity index (χ4v) is 6.31. The molecule has 3 aromatic rings. The maximum Gasteiger partial charge on any atom is 0.264 e. The van der Waals surface area contributed by atoms with Gasteiger partial charge in [-0.25, -0.2) is 8.42 Å². The summed E-state index contributed by atoms with van der Waals surface area (Å²) in [6.07, 6.45) is 1.66. The summed E-state index contributed by atoms with van der Waals surface area (Å²) < 4.78 is 35.1. The second kappa shape index (κ2) is 15.6. The quantitative estimate of drug-likeness (QED) is 0.190. The molecule has 226 valence electrons. The van der Waals surface area contributed by atoms with Gasteiger partial charge in [0.05, 0.1) is 17.2 Å². The molecule has 0 heterocycles. The monoisotopic (exact) mass is 697 g/mol. The van der Waals surface area contributed by atoms with Gasteiger partial charge in [0.1, 0.15) is 18.3 Å². The van der Waals surface area contributed by atoms with Crippen molar-refractivity contribution < 1.29 is 22.7 Å². The topological polar surface area (TPSA) is 96.0 Å². The molecule has 0 aliphatic rings. The lowest BCUT2D eigenvalue weighted by molar-refractivity contribution is -0.139. The van der Waals surface area contributed by atoms with Crippen LogP contribution < -0.4 is 14.4 Å². The van der Waals surface area contributed by atoms with E-state index in [1.165, 1.54) is 17.0 Å². The maximum absolute atomic E-state index is 14.1. The van der Waals surface area contributed by atoms with E-state index in [1.807, 2.05) is 13.8 Å². The zero-order chi connectivity index (χ0) is 30.9. The molecule has 0 saturated heterocycles. The van der Waals surface area contributed by atoms with Crippen molar-refractivity contribution in [2.45, 2.75) is 51.1 Å². The summed E-state index contributed by atoms with van der Waals surface area (Å²) >= 11 is 16.2. The lowest BCUT2D eigenvalue weighted by Crippen LogP contribution is -2.51. The summed E-state index contributed by atoms with van der Waals surface area (Å²) in [7, 11) is -4.21. The van der Waals surface area contributed by atoms with Crippen LogP contribution in [-0.4, -0.2) is 50.9 Å². The number of ether oxygens (including phenoxy) is 1. The number of nitrogens with one attached hydrogen (secondary N) is 1. The molecule has 1 atom stereocenters. The second-order valence-electron chi connectivity index (χ2n) is 9.43. The first kappa shape index (κ1) is 33.7. The number of sulfonamides is 1. The Hall–Kier alpha value is -2.79. The Morgan fingerprint density at radius 2 is 1.60 bits per heavy atom. The van der Waals surface area contributed by atoms with Crippen LogP contribution in [0.3, 0.4) is 0 Å². The predicted octanol–water partition coefficient (Wildman–Crippen LogP) is 6.68. The van der Waals surface area contributed by atoms with Crippen LogP contribution in [0.15, 0.2) is 76.1 Å². The summed E-state index contributed by atoms with van der Waals surface area (Å²) in [6, 6.07) is 16.6. The molecule has 0 radical (unpaired) electrons. The Labute approximate surface area is 266 Å². The van der Waals surface area contributed by atoms with Gasteiger partial charge in [0, 0.05) is 33.2 Å². The van der Waals surface area contributed by atoms with E-state index in [-0.39, 0.29) is 23.0 Å². The number of hydrogen-bond donors (Lipinski definition) is 1. The molecule has 0 unspecified atom stereocenters. The third-order valence-corrected chi connectivity index (χ3v) is 9.53. The van der Waals surface area contributed by atoms with Crippen molar-refractivity contribution in [3.63, 3.8) is 0 Å². The van der Waals surface area contributed by atoms with E-state index >= 15 is 0 Å². The van der Waals surface area contributed by atoms with E-state index in [0.717, 1.165) is 17.1 Å². The smallest absolute Gasteiger partial charge is 0.264 e. The van der Waals surface area contributed by atoms with Gasteiger partial charge in [-0.2, -0.15) is 0 Å². The van der Waals surface area contributed by atoms with Gasteiger partial charge in [-0.3, -0.25) is 13.9 Å². The minimum atomic E-state index is -4.21. The molecule has 0 aliphatic carbocycles. The molecule has 0 aromatic heterocycles. The SMILES string of the molecule is CCCCNC(=O)[C@H](C)N(Cc1c(Cl)cccc1Cl)C(=O)CN(c1ccc(OCC)cc1)S(=O)(=O)c1ccc(Br)cc1. The number of benzene rings is 3. The summed E-state index contributed by atoms with van der Waals surface area (Å²) in [5, 5.41) is 3.50. The maximum atomic E-state index is 14.1. The standard InChI is InChI=1S/C30H34BrCl2N3O5S/c1-4-6-18-34-30(38)21(3)35(19-26-27(32)8-7-9-28(26)33)29(37)20-36(23-12-14-24(15-13-23)41-5-2)42(39,40)25-16-10-22(31)11-17-25/h7-17,21H,4-6,18-20H2,1-3H3,(H,34,38)/t21-/m0/s1. The molecule has 0 saturated carbocycles. The number of anilines is 1. The van der Waals surface area contributed by atoms with Gasteiger partial charge in [0.2, 0.25) is 11.8 Å². The molecule has 0 bridgehead atoms. The van der Waals surface area contributed by atoms with Crippen molar-refractivity contribution in [3.8, 4) is 5.75 Å². The number of halogens is 3. The molecule has 1 N–H and O–H groups in total. The van der Waals surface area contributed by atoms with E-state index < -0.39 is 28.5 Å². The molecule has 0 fully saturated rings. The molecule has 12 heteroatoms. The highest BCUT2D eigenvalue weighted by Gasteiger charge is 2.33. The largest absolute Gasteiger partial charge is 0.494 e. The van der Waals surface area contributed by atoms with Crippen molar-refractivity contribution in [1.29, 1.82) is 0 Å².